The highest BCUT2D eigenvalue weighted by Gasteiger charge is 2.22. The van der Waals surface area contributed by atoms with Crippen molar-refractivity contribution in [3.8, 4) is 0 Å². The summed E-state index contributed by atoms with van der Waals surface area (Å²) in [6, 6.07) is 3.09. The number of benzene rings is 1. The summed E-state index contributed by atoms with van der Waals surface area (Å²) in [7, 11) is -3.52. The lowest BCUT2D eigenvalue weighted by molar-refractivity contribution is 0.100. The predicted molar refractivity (Wildman–Crippen MR) is 97.2 cm³/mol. The molecule has 0 atom stereocenters. The van der Waals surface area contributed by atoms with E-state index >= 15 is 0 Å². The third-order valence-corrected chi connectivity index (χ3v) is 4.62. The van der Waals surface area contributed by atoms with Gasteiger partial charge in [0.25, 0.3) is 5.91 Å². The van der Waals surface area contributed by atoms with Crippen molar-refractivity contribution in [1.82, 2.24) is 0 Å². The van der Waals surface area contributed by atoms with Crippen LogP contribution >= 0.6 is 0 Å². The largest absolute Gasteiger partial charge is 0.370 e. The van der Waals surface area contributed by atoms with E-state index in [0.717, 1.165) is 32.2 Å². The molecule has 0 saturated heterocycles. The number of carbonyl (C=O) groups excluding carboxylic acids is 1. The van der Waals surface area contributed by atoms with Gasteiger partial charge in [-0.1, -0.05) is 13.8 Å². The lowest BCUT2D eigenvalue weighted by atomic mass is 10.1. The molecular formula is C16H26N4O3S. The standard InChI is InChI=1S/C16H26N4O3S/c1-5-7-20(8-6-2)13-9-11(3)12(15(21)19-16(17)18)10-14(13)24(4,22)23/h9-10H,5-8H2,1-4H3,(H4,17,18,19,21). The van der Waals surface area contributed by atoms with Gasteiger partial charge in [0, 0.05) is 24.9 Å². The summed E-state index contributed by atoms with van der Waals surface area (Å²) in [4.78, 5) is 17.8. The van der Waals surface area contributed by atoms with E-state index in [2.05, 4.69) is 4.99 Å². The number of hydrogen-bond donors (Lipinski definition) is 2. The normalized spacial score (nSPS) is 11.2. The van der Waals surface area contributed by atoms with Crippen molar-refractivity contribution in [2.45, 2.75) is 38.5 Å². The number of amides is 1. The van der Waals surface area contributed by atoms with Crippen molar-refractivity contribution < 1.29 is 13.2 Å². The Morgan fingerprint density at radius 2 is 1.71 bits per heavy atom. The minimum absolute atomic E-state index is 0.115. The summed E-state index contributed by atoms with van der Waals surface area (Å²) < 4.78 is 24.5. The number of hydrogen-bond acceptors (Lipinski definition) is 4. The Morgan fingerprint density at radius 3 is 2.12 bits per heavy atom. The van der Waals surface area contributed by atoms with Gasteiger partial charge in [-0.2, -0.15) is 4.99 Å². The molecule has 1 aromatic carbocycles. The van der Waals surface area contributed by atoms with Crippen LogP contribution in [0.2, 0.25) is 0 Å². The Balaban J connectivity index is 3.59. The zero-order chi connectivity index (χ0) is 18.5. The van der Waals surface area contributed by atoms with Crippen LogP contribution in [0.3, 0.4) is 0 Å². The maximum absolute atomic E-state index is 12.3. The van der Waals surface area contributed by atoms with Crippen molar-refractivity contribution in [3.63, 3.8) is 0 Å². The number of sulfone groups is 1. The minimum atomic E-state index is -3.52. The Hall–Kier alpha value is -2.09. The molecule has 0 bridgehead atoms. The monoisotopic (exact) mass is 354 g/mol. The van der Waals surface area contributed by atoms with Crippen LogP contribution in [0.5, 0.6) is 0 Å². The number of anilines is 1. The van der Waals surface area contributed by atoms with E-state index in [1.807, 2.05) is 18.7 Å². The summed E-state index contributed by atoms with van der Waals surface area (Å²) in [5.41, 5.74) is 11.9. The van der Waals surface area contributed by atoms with Gasteiger partial charge in [-0.25, -0.2) is 8.42 Å². The number of carbonyl (C=O) groups is 1. The average Bonchev–Trinajstić information content (AvgIpc) is 2.44. The van der Waals surface area contributed by atoms with Crippen LogP contribution in [-0.4, -0.2) is 39.6 Å². The number of guanidine groups is 1. The molecule has 7 nitrogen and oxygen atoms in total. The van der Waals surface area contributed by atoms with Crippen molar-refractivity contribution in [2.24, 2.45) is 16.5 Å². The first kappa shape index (κ1) is 20.0. The fraction of sp³-hybridized carbons (Fsp3) is 0.500. The van der Waals surface area contributed by atoms with Crippen LogP contribution in [0.4, 0.5) is 5.69 Å². The van der Waals surface area contributed by atoms with Crippen molar-refractivity contribution in [2.75, 3.05) is 24.2 Å². The highest BCUT2D eigenvalue weighted by molar-refractivity contribution is 7.90. The zero-order valence-electron chi connectivity index (χ0n) is 14.7. The number of rotatable bonds is 7. The minimum Gasteiger partial charge on any atom is -0.370 e. The molecule has 0 aliphatic rings. The van der Waals surface area contributed by atoms with Crippen LogP contribution < -0.4 is 16.4 Å². The number of nitrogens with zero attached hydrogens (tertiary/aromatic N) is 2. The van der Waals surface area contributed by atoms with Crippen molar-refractivity contribution in [1.29, 1.82) is 0 Å². The van der Waals surface area contributed by atoms with Gasteiger partial charge < -0.3 is 16.4 Å². The molecule has 1 rings (SSSR count). The molecule has 0 radical (unpaired) electrons. The maximum atomic E-state index is 12.3. The first-order valence-corrected chi connectivity index (χ1v) is 9.74. The van der Waals surface area contributed by atoms with Gasteiger partial charge >= 0.3 is 0 Å². The molecule has 1 amide bonds. The van der Waals surface area contributed by atoms with Crippen LogP contribution in [0, 0.1) is 6.92 Å². The lowest BCUT2D eigenvalue weighted by Gasteiger charge is -2.27. The van der Waals surface area contributed by atoms with Crippen LogP contribution in [-0.2, 0) is 9.84 Å². The van der Waals surface area contributed by atoms with E-state index in [-0.39, 0.29) is 16.4 Å². The van der Waals surface area contributed by atoms with Gasteiger partial charge in [0.15, 0.2) is 15.8 Å². The third kappa shape index (κ3) is 4.95. The first-order valence-electron chi connectivity index (χ1n) is 7.85. The quantitative estimate of drug-likeness (QED) is 0.565. The summed E-state index contributed by atoms with van der Waals surface area (Å²) in [6.45, 7) is 7.27. The molecule has 0 saturated carbocycles. The van der Waals surface area contributed by atoms with Crippen LogP contribution in [0.1, 0.15) is 42.6 Å². The van der Waals surface area contributed by atoms with Crippen LogP contribution in [0.25, 0.3) is 0 Å². The second kappa shape index (κ2) is 8.14. The second-order valence-electron chi connectivity index (χ2n) is 5.74. The van der Waals surface area contributed by atoms with E-state index in [1.165, 1.54) is 6.07 Å². The first-order chi connectivity index (χ1) is 11.1. The molecule has 0 spiro atoms. The molecule has 0 unspecified atom stereocenters. The fourth-order valence-corrected chi connectivity index (χ4v) is 3.42. The maximum Gasteiger partial charge on any atom is 0.280 e. The molecule has 134 valence electrons. The molecule has 4 N–H and O–H groups in total. The van der Waals surface area contributed by atoms with Crippen molar-refractivity contribution >= 4 is 27.4 Å². The average molecular weight is 354 g/mol. The summed E-state index contributed by atoms with van der Waals surface area (Å²) in [6.07, 6.45) is 2.90. The SMILES string of the molecule is CCCN(CCC)c1cc(C)c(C(=O)N=C(N)N)cc1S(C)(=O)=O. The lowest BCUT2D eigenvalue weighted by Crippen LogP contribution is -2.27. The predicted octanol–water partition coefficient (Wildman–Crippen LogP) is 1.44. The molecule has 24 heavy (non-hydrogen) atoms. The van der Waals surface area contributed by atoms with Gasteiger partial charge in [0.1, 0.15) is 0 Å². The Labute approximate surface area is 143 Å². The molecule has 1 aromatic rings. The summed E-state index contributed by atoms with van der Waals surface area (Å²) >= 11 is 0. The zero-order valence-corrected chi connectivity index (χ0v) is 15.5. The Morgan fingerprint density at radius 1 is 1.17 bits per heavy atom. The van der Waals surface area contributed by atoms with Gasteiger partial charge in [-0.05, 0) is 37.5 Å². The van der Waals surface area contributed by atoms with Gasteiger partial charge in [0.05, 0.1) is 10.6 Å². The number of aryl methyl sites for hydroxylation is 1. The fourth-order valence-electron chi connectivity index (χ4n) is 2.52. The molecule has 0 aliphatic carbocycles. The van der Waals surface area contributed by atoms with Gasteiger partial charge in [0.2, 0.25) is 0 Å². The summed E-state index contributed by atoms with van der Waals surface area (Å²) in [5, 5.41) is 0. The second-order valence-corrected chi connectivity index (χ2v) is 7.72. The van der Waals surface area contributed by atoms with Gasteiger partial charge in [-0.3, -0.25) is 4.79 Å². The molecule has 8 heteroatoms. The van der Waals surface area contributed by atoms with E-state index in [0.29, 0.717) is 11.3 Å². The highest BCUT2D eigenvalue weighted by atomic mass is 32.2. The van der Waals surface area contributed by atoms with Crippen LogP contribution in [0.15, 0.2) is 22.0 Å². The smallest absolute Gasteiger partial charge is 0.280 e. The number of nitrogens with two attached hydrogens (primary N) is 2. The van der Waals surface area contributed by atoms with E-state index in [4.69, 9.17) is 11.5 Å². The topological polar surface area (TPSA) is 119 Å². The Bertz CT molecular complexity index is 732. The molecular weight excluding hydrogens is 328 g/mol. The third-order valence-electron chi connectivity index (χ3n) is 3.49. The van der Waals surface area contributed by atoms with E-state index < -0.39 is 15.7 Å². The summed E-state index contributed by atoms with van der Waals surface area (Å²) in [5.74, 6) is -1.01. The van der Waals surface area contributed by atoms with Gasteiger partial charge in [-0.15, -0.1) is 0 Å². The molecule has 0 aromatic heterocycles. The van der Waals surface area contributed by atoms with Crippen molar-refractivity contribution in [3.05, 3.63) is 23.3 Å². The molecule has 0 heterocycles. The Kier molecular flexibility index (Phi) is 6.77. The van der Waals surface area contributed by atoms with E-state index in [1.54, 1.807) is 13.0 Å². The number of aliphatic imine (C=N–C) groups is 1. The van der Waals surface area contributed by atoms with E-state index in [9.17, 15) is 13.2 Å². The molecule has 0 aliphatic heterocycles. The molecule has 0 fully saturated rings. The highest BCUT2D eigenvalue weighted by Crippen LogP contribution is 2.30.